The quantitative estimate of drug-likeness (QED) is 0.462. The third-order valence-electron chi connectivity index (χ3n) is 0.902. The van der Waals surface area contributed by atoms with E-state index >= 15 is 0 Å². The fourth-order valence-electron chi connectivity index (χ4n) is 0.563. The summed E-state index contributed by atoms with van der Waals surface area (Å²) >= 11 is 0. The summed E-state index contributed by atoms with van der Waals surface area (Å²) < 4.78 is 0. The molecule has 0 aliphatic carbocycles. The highest BCUT2D eigenvalue weighted by molar-refractivity contribution is 4.83. The molecule has 4 nitrogen and oxygen atoms in total. The minimum Gasteiger partial charge on any atom is -0.312 e. The van der Waals surface area contributed by atoms with Gasteiger partial charge in [-0.2, -0.15) is 5.06 Å². The monoisotopic (exact) mass is 116 g/mol. The van der Waals surface area contributed by atoms with Gasteiger partial charge in [0.25, 0.3) is 0 Å². The Balaban J connectivity index is 2.42. The Morgan fingerprint density at radius 3 is 2.50 bits per heavy atom. The van der Waals surface area contributed by atoms with Crippen molar-refractivity contribution in [2.75, 3.05) is 13.2 Å². The van der Waals surface area contributed by atoms with Crippen LogP contribution >= 0.6 is 0 Å². The predicted molar refractivity (Wildman–Crippen MR) is 26.1 cm³/mol. The van der Waals surface area contributed by atoms with Crippen LogP contribution in [0.4, 0.5) is 0 Å². The Morgan fingerprint density at radius 1 is 1.38 bits per heavy atom. The highest BCUT2D eigenvalue weighted by Gasteiger charge is 2.04. The van der Waals surface area contributed by atoms with E-state index in [0.717, 1.165) is 10.1 Å². The van der Waals surface area contributed by atoms with E-state index in [9.17, 15) is 0 Å². The molecule has 0 saturated heterocycles. The van der Waals surface area contributed by atoms with E-state index in [2.05, 4.69) is 0 Å². The third kappa shape index (κ3) is 1.19. The summed E-state index contributed by atoms with van der Waals surface area (Å²) in [4.78, 5) is 0. The van der Waals surface area contributed by atoms with Crippen LogP contribution in [-0.4, -0.2) is 33.8 Å². The average Bonchev–Trinajstić information content (AvgIpc) is 1.64. The van der Waals surface area contributed by atoms with Crippen molar-refractivity contribution in [2.24, 2.45) is 0 Å². The molecule has 0 aromatic heterocycles. The summed E-state index contributed by atoms with van der Waals surface area (Å²) in [5, 5.41) is 19.2. The molecule has 8 heavy (non-hydrogen) atoms. The summed E-state index contributed by atoms with van der Waals surface area (Å²) in [6.07, 6.45) is 3.16. The van der Waals surface area contributed by atoms with Gasteiger partial charge in [0.15, 0.2) is 0 Å². The Morgan fingerprint density at radius 2 is 2.12 bits per heavy atom. The Hall–Kier alpha value is -0.580. The zero-order chi connectivity index (χ0) is 5.98. The van der Waals surface area contributed by atoms with Crippen LogP contribution in [0.5, 0.6) is 0 Å². The van der Waals surface area contributed by atoms with Gasteiger partial charge in [0.2, 0.25) is 0 Å². The Labute approximate surface area is 47.2 Å². The zero-order valence-electron chi connectivity index (χ0n) is 4.36. The van der Waals surface area contributed by atoms with Crippen molar-refractivity contribution in [1.29, 1.82) is 0 Å². The molecule has 0 aromatic carbocycles. The lowest BCUT2D eigenvalue weighted by atomic mass is 10.5. The van der Waals surface area contributed by atoms with Crippen molar-refractivity contribution in [3.8, 4) is 0 Å². The highest BCUT2D eigenvalue weighted by Crippen LogP contribution is 1.94. The molecule has 0 radical (unpaired) electrons. The number of nitrogens with zero attached hydrogens (tertiary/aromatic N) is 2. The van der Waals surface area contributed by atoms with Crippen molar-refractivity contribution >= 4 is 0 Å². The van der Waals surface area contributed by atoms with E-state index in [1.165, 1.54) is 6.20 Å². The van der Waals surface area contributed by atoms with E-state index in [-0.39, 0.29) is 6.67 Å². The molecule has 0 aromatic rings. The predicted octanol–water partition coefficient (Wildman–Crippen LogP) is -0.146. The van der Waals surface area contributed by atoms with Crippen LogP contribution in [0.1, 0.15) is 0 Å². The summed E-state index contributed by atoms with van der Waals surface area (Å²) in [6, 6.07) is 0. The SMILES string of the molecule is ON1C=CCN(O)C1. The van der Waals surface area contributed by atoms with Crippen LogP contribution in [-0.2, 0) is 0 Å². The first-order valence-electron chi connectivity index (χ1n) is 2.35. The number of hydrogen-bond acceptors (Lipinski definition) is 4. The van der Waals surface area contributed by atoms with E-state index in [4.69, 9.17) is 10.4 Å². The van der Waals surface area contributed by atoms with Crippen LogP contribution < -0.4 is 0 Å². The summed E-state index contributed by atoms with van der Waals surface area (Å²) in [6.45, 7) is 0.646. The molecule has 1 aliphatic heterocycles. The van der Waals surface area contributed by atoms with Crippen molar-refractivity contribution in [3.05, 3.63) is 12.3 Å². The first kappa shape index (κ1) is 5.55. The molecule has 0 fully saturated rings. The summed E-state index contributed by atoms with van der Waals surface area (Å²) in [5.74, 6) is 0. The molecular weight excluding hydrogens is 108 g/mol. The molecule has 1 heterocycles. The molecule has 0 saturated carbocycles. The van der Waals surface area contributed by atoms with Gasteiger partial charge in [0.05, 0.1) is 0 Å². The van der Waals surface area contributed by atoms with Crippen LogP contribution in [0.25, 0.3) is 0 Å². The molecule has 0 atom stereocenters. The lowest BCUT2D eigenvalue weighted by Gasteiger charge is -2.22. The molecule has 46 valence electrons. The first-order chi connectivity index (χ1) is 3.79. The molecule has 0 unspecified atom stereocenters. The Bertz CT molecular complexity index is 104. The molecular formula is C4H8N2O2. The average molecular weight is 116 g/mol. The maximum atomic E-state index is 8.66. The minimum atomic E-state index is 0.163. The van der Waals surface area contributed by atoms with Crippen LogP contribution in [0.2, 0.25) is 0 Å². The summed E-state index contributed by atoms with van der Waals surface area (Å²) in [7, 11) is 0. The third-order valence-corrected chi connectivity index (χ3v) is 0.902. The smallest absolute Gasteiger partial charge is 0.120 e. The standard InChI is InChI=1S/C4H8N2O2/c7-5-2-1-3-6(8)4-5/h1-2,7-8H,3-4H2. The second-order valence-electron chi connectivity index (χ2n) is 1.65. The van der Waals surface area contributed by atoms with E-state index in [0.29, 0.717) is 6.54 Å². The molecule has 0 bridgehead atoms. The number of hydrogen-bond donors (Lipinski definition) is 2. The van der Waals surface area contributed by atoms with Crippen molar-refractivity contribution < 1.29 is 10.4 Å². The van der Waals surface area contributed by atoms with Gasteiger partial charge in [-0.05, 0) is 6.08 Å². The molecule has 0 amide bonds. The van der Waals surface area contributed by atoms with Gasteiger partial charge in [0.1, 0.15) is 6.67 Å². The lowest BCUT2D eigenvalue weighted by molar-refractivity contribution is -0.184. The van der Waals surface area contributed by atoms with Crippen molar-refractivity contribution in [2.45, 2.75) is 0 Å². The van der Waals surface area contributed by atoms with Crippen molar-refractivity contribution in [1.82, 2.24) is 10.1 Å². The largest absolute Gasteiger partial charge is 0.312 e. The second kappa shape index (κ2) is 2.13. The topological polar surface area (TPSA) is 46.9 Å². The molecule has 1 rings (SSSR count). The maximum absolute atomic E-state index is 8.66. The van der Waals surface area contributed by atoms with Gasteiger partial charge in [-0.15, -0.1) is 0 Å². The lowest BCUT2D eigenvalue weighted by Crippen LogP contribution is -2.34. The van der Waals surface area contributed by atoms with Gasteiger partial charge in [-0.1, -0.05) is 0 Å². The van der Waals surface area contributed by atoms with Gasteiger partial charge >= 0.3 is 0 Å². The van der Waals surface area contributed by atoms with Gasteiger partial charge in [-0.25, -0.2) is 5.06 Å². The van der Waals surface area contributed by atoms with Crippen LogP contribution in [0.3, 0.4) is 0 Å². The maximum Gasteiger partial charge on any atom is 0.120 e. The first-order valence-corrected chi connectivity index (χ1v) is 2.35. The fourth-order valence-corrected chi connectivity index (χ4v) is 0.563. The molecule has 2 N–H and O–H groups in total. The highest BCUT2D eigenvalue weighted by atomic mass is 16.5. The molecule has 1 aliphatic rings. The van der Waals surface area contributed by atoms with E-state index in [1.807, 2.05) is 0 Å². The minimum absolute atomic E-state index is 0.163. The Kier molecular flexibility index (Phi) is 1.48. The molecule has 4 heteroatoms. The zero-order valence-corrected chi connectivity index (χ0v) is 4.36. The number of hydroxylamine groups is 4. The summed E-state index contributed by atoms with van der Waals surface area (Å²) in [5.41, 5.74) is 0. The van der Waals surface area contributed by atoms with Gasteiger partial charge < -0.3 is 5.21 Å². The van der Waals surface area contributed by atoms with Crippen LogP contribution in [0, 0.1) is 0 Å². The second-order valence-corrected chi connectivity index (χ2v) is 1.65. The van der Waals surface area contributed by atoms with Gasteiger partial charge in [-0.3, -0.25) is 5.21 Å². The fraction of sp³-hybridized carbons (Fsp3) is 0.500. The van der Waals surface area contributed by atoms with Crippen LogP contribution in [0.15, 0.2) is 12.3 Å². The van der Waals surface area contributed by atoms with E-state index < -0.39 is 0 Å². The van der Waals surface area contributed by atoms with Crippen molar-refractivity contribution in [3.63, 3.8) is 0 Å². The van der Waals surface area contributed by atoms with Gasteiger partial charge in [0, 0.05) is 12.7 Å². The van der Waals surface area contributed by atoms with E-state index in [1.54, 1.807) is 6.08 Å². The number of rotatable bonds is 0. The normalized spacial score (nSPS) is 22.0. The molecule has 0 spiro atoms.